The monoisotopic (exact) mass is 216 g/mol. The second-order valence-corrected chi connectivity index (χ2v) is 3.76. The second kappa shape index (κ2) is 6.40. The number of carbonyl (C=O) groups is 2. The summed E-state index contributed by atoms with van der Waals surface area (Å²) in [5.41, 5.74) is 0. The highest BCUT2D eigenvalue weighted by atomic mass is 16.5. The summed E-state index contributed by atoms with van der Waals surface area (Å²) in [7, 11) is 3.00. The van der Waals surface area contributed by atoms with E-state index in [1.165, 1.54) is 7.11 Å². The molecular formula is C10H20N2O3. The summed E-state index contributed by atoms with van der Waals surface area (Å²) < 4.78 is 4.61. The van der Waals surface area contributed by atoms with Crippen LogP contribution in [0.15, 0.2) is 0 Å². The third kappa shape index (κ3) is 4.29. The quantitative estimate of drug-likeness (QED) is 0.630. The van der Waals surface area contributed by atoms with Crippen molar-refractivity contribution in [3.05, 3.63) is 0 Å². The van der Waals surface area contributed by atoms with Gasteiger partial charge in [-0.05, 0) is 19.9 Å². The van der Waals surface area contributed by atoms with E-state index >= 15 is 0 Å². The molecule has 0 spiro atoms. The maximum absolute atomic E-state index is 11.5. The lowest BCUT2D eigenvalue weighted by atomic mass is 10.0. The Bertz CT molecular complexity index is 229. The lowest BCUT2D eigenvalue weighted by molar-refractivity contribution is -0.146. The number of likely N-dealkylation sites (N-methyl/N-ethyl adjacent to an activating group) is 1. The lowest BCUT2D eigenvalue weighted by Crippen LogP contribution is -2.50. The Morgan fingerprint density at radius 1 is 1.20 bits per heavy atom. The Hall–Kier alpha value is -1.10. The van der Waals surface area contributed by atoms with Crippen molar-refractivity contribution in [2.75, 3.05) is 14.2 Å². The Balaban J connectivity index is 4.42. The first kappa shape index (κ1) is 13.9. The molecule has 0 heterocycles. The molecule has 5 heteroatoms. The van der Waals surface area contributed by atoms with Crippen molar-refractivity contribution in [1.29, 1.82) is 0 Å². The molecule has 1 amide bonds. The van der Waals surface area contributed by atoms with Crippen LogP contribution in [-0.4, -0.2) is 38.1 Å². The molecule has 0 bridgehead atoms. The van der Waals surface area contributed by atoms with Gasteiger partial charge in [0.05, 0.1) is 13.2 Å². The minimum absolute atomic E-state index is 0.00505. The van der Waals surface area contributed by atoms with Crippen molar-refractivity contribution in [3.63, 3.8) is 0 Å². The predicted octanol–water partition coefficient (Wildman–Crippen LogP) is -0.0919. The maximum Gasteiger partial charge on any atom is 0.328 e. The SMILES string of the molecule is CN[C@H](C)C(=O)N[C@H](C(=O)OC)C(C)C. The van der Waals surface area contributed by atoms with Crippen LogP contribution in [0, 0.1) is 5.92 Å². The summed E-state index contributed by atoms with van der Waals surface area (Å²) in [6, 6.07) is -0.908. The highest BCUT2D eigenvalue weighted by molar-refractivity contribution is 5.87. The molecule has 0 radical (unpaired) electrons. The van der Waals surface area contributed by atoms with Gasteiger partial charge in [0.15, 0.2) is 0 Å². The Kier molecular flexibility index (Phi) is 5.93. The van der Waals surface area contributed by atoms with Crippen LogP contribution in [0.1, 0.15) is 20.8 Å². The van der Waals surface area contributed by atoms with Gasteiger partial charge in [-0.15, -0.1) is 0 Å². The topological polar surface area (TPSA) is 67.4 Å². The maximum atomic E-state index is 11.5. The summed E-state index contributed by atoms with van der Waals surface area (Å²) >= 11 is 0. The highest BCUT2D eigenvalue weighted by Gasteiger charge is 2.26. The van der Waals surface area contributed by atoms with Gasteiger partial charge in [0.25, 0.3) is 0 Å². The molecule has 0 aliphatic carbocycles. The average Bonchev–Trinajstić information content (AvgIpc) is 2.22. The van der Waals surface area contributed by atoms with E-state index in [0.717, 1.165) is 0 Å². The molecule has 2 N–H and O–H groups in total. The summed E-state index contributed by atoms with van der Waals surface area (Å²) in [5, 5.41) is 5.44. The van der Waals surface area contributed by atoms with Crippen LogP contribution in [0.5, 0.6) is 0 Å². The molecule has 0 aromatic heterocycles. The molecule has 5 nitrogen and oxygen atoms in total. The van der Waals surface area contributed by atoms with Gasteiger partial charge in [-0.25, -0.2) is 4.79 Å². The zero-order valence-electron chi connectivity index (χ0n) is 9.96. The van der Waals surface area contributed by atoms with Crippen LogP contribution < -0.4 is 10.6 Å². The zero-order valence-corrected chi connectivity index (χ0v) is 9.96. The molecule has 0 aliphatic rings. The predicted molar refractivity (Wildman–Crippen MR) is 57.3 cm³/mol. The molecule has 0 aromatic rings. The zero-order chi connectivity index (χ0) is 12.0. The largest absolute Gasteiger partial charge is 0.467 e. The second-order valence-electron chi connectivity index (χ2n) is 3.76. The van der Waals surface area contributed by atoms with Gasteiger partial charge in [-0.3, -0.25) is 4.79 Å². The van der Waals surface area contributed by atoms with E-state index in [1.807, 2.05) is 13.8 Å². The third-order valence-corrected chi connectivity index (χ3v) is 2.25. The summed E-state index contributed by atoms with van der Waals surface area (Å²) in [6.07, 6.45) is 0. The first-order valence-electron chi connectivity index (χ1n) is 4.99. The number of hydrogen-bond donors (Lipinski definition) is 2. The first-order chi connectivity index (χ1) is 6.93. The fourth-order valence-electron chi connectivity index (χ4n) is 1.03. The molecular weight excluding hydrogens is 196 g/mol. The number of esters is 1. The van der Waals surface area contributed by atoms with Crippen LogP contribution >= 0.6 is 0 Å². The van der Waals surface area contributed by atoms with Gasteiger partial charge in [-0.1, -0.05) is 13.8 Å². The summed E-state index contributed by atoms with van der Waals surface area (Å²) in [6.45, 7) is 5.43. The highest BCUT2D eigenvalue weighted by Crippen LogP contribution is 2.03. The van der Waals surface area contributed by atoms with E-state index in [-0.39, 0.29) is 17.9 Å². The molecule has 0 aromatic carbocycles. The fraction of sp³-hybridized carbons (Fsp3) is 0.800. The molecule has 0 saturated carbocycles. The van der Waals surface area contributed by atoms with E-state index in [4.69, 9.17) is 0 Å². The smallest absolute Gasteiger partial charge is 0.328 e. The van der Waals surface area contributed by atoms with Crippen LogP contribution in [0.4, 0.5) is 0 Å². The van der Waals surface area contributed by atoms with E-state index in [2.05, 4.69) is 15.4 Å². The van der Waals surface area contributed by atoms with Crippen molar-refractivity contribution in [2.45, 2.75) is 32.9 Å². The van der Waals surface area contributed by atoms with Gasteiger partial charge in [0.1, 0.15) is 6.04 Å². The molecule has 0 unspecified atom stereocenters. The number of ether oxygens (including phenoxy) is 1. The number of carbonyl (C=O) groups excluding carboxylic acids is 2. The van der Waals surface area contributed by atoms with Crippen molar-refractivity contribution >= 4 is 11.9 Å². The van der Waals surface area contributed by atoms with Crippen molar-refractivity contribution in [1.82, 2.24) is 10.6 Å². The Morgan fingerprint density at radius 3 is 2.07 bits per heavy atom. The van der Waals surface area contributed by atoms with Crippen molar-refractivity contribution in [2.24, 2.45) is 5.92 Å². The third-order valence-electron chi connectivity index (χ3n) is 2.25. The van der Waals surface area contributed by atoms with Gasteiger partial charge in [0, 0.05) is 0 Å². The Morgan fingerprint density at radius 2 is 1.73 bits per heavy atom. The van der Waals surface area contributed by atoms with E-state index in [1.54, 1.807) is 14.0 Å². The van der Waals surface area contributed by atoms with Crippen LogP contribution in [0.3, 0.4) is 0 Å². The molecule has 0 fully saturated rings. The number of hydrogen-bond acceptors (Lipinski definition) is 4. The molecule has 88 valence electrons. The van der Waals surface area contributed by atoms with Gasteiger partial charge >= 0.3 is 5.97 Å². The minimum atomic E-state index is -0.585. The van der Waals surface area contributed by atoms with Crippen LogP contribution in [-0.2, 0) is 14.3 Å². The standard InChI is InChI=1S/C10H20N2O3/c1-6(2)8(10(14)15-5)12-9(13)7(3)11-4/h6-8,11H,1-5H3,(H,12,13)/t7-,8+/m1/s1. The number of methoxy groups -OCH3 is 1. The number of rotatable bonds is 5. The van der Waals surface area contributed by atoms with Gasteiger partial charge in [0.2, 0.25) is 5.91 Å². The van der Waals surface area contributed by atoms with Gasteiger partial charge in [-0.2, -0.15) is 0 Å². The number of nitrogens with one attached hydrogen (secondary N) is 2. The van der Waals surface area contributed by atoms with Gasteiger partial charge < -0.3 is 15.4 Å². The normalized spacial score (nSPS) is 14.5. The van der Waals surface area contributed by atoms with Crippen molar-refractivity contribution in [3.8, 4) is 0 Å². The molecule has 15 heavy (non-hydrogen) atoms. The molecule has 0 saturated heterocycles. The summed E-state index contributed by atoms with van der Waals surface area (Å²) in [4.78, 5) is 22.9. The van der Waals surface area contributed by atoms with E-state index in [0.29, 0.717) is 0 Å². The number of amides is 1. The lowest BCUT2D eigenvalue weighted by Gasteiger charge is -2.21. The van der Waals surface area contributed by atoms with E-state index < -0.39 is 12.0 Å². The van der Waals surface area contributed by atoms with E-state index in [9.17, 15) is 9.59 Å². The average molecular weight is 216 g/mol. The summed E-state index contributed by atoms with van der Waals surface area (Å²) in [5.74, 6) is -0.617. The molecule has 0 rings (SSSR count). The van der Waals surface area contributed by atoms with Crippen LogP contribution in [0.25, 0.3) is 0 Å². The van der Waals surface area contributed by atoms with Crippen molar-refractivity contribution < 1.29 is 14.3 Å². The minimum Gasteiger partial charge on any atom is -0.467 e. The molecule has 2 atom stereocenters. The fourth-order valence-corrected chi connectivity index (χ4v) is 1.03. The molecule has 0 aliphatic heterocycles. The van der Waals surface area contributed by atoms with Crippen LogP contribution in [0.2, 0.25) is 0 Å². The Labute approximate surface area is 90.6 Å². The first-order valence-corrected chi connectivity index (χ1v) is 4.99.